The normalized spacial score (nSPS) is 32.8. The van der Waals surface area contributed by atoms with Crippen molar-refractivity contribution in [2.45, 2.75) is 88.9 Å². The molecule has 0 radical (unpaired) electrons. The van der Waals surface area contributed by atoms with Crippen molar-refractivity contribution in [3.8, 4) is 0 Å². The summed E-state index contributed by atoms with van der Waals surface area (Å²) in [5, 5.41) is 3.65. The van der Waals surface area contributed by atoms with Crippen LogP contribution >= 0.6 is 0 Å². The van der Waals surface area contributed by atoms with E-state index in [0.717, 1.165) is 12.0 Å². The van der Waals surface area contributed by atoms with Gasteiger partial charge in [-0.25, -0.2) is 0 Å². The molecule has 0 aromatic carbocycles. The summed E-state index contributed by atoms with van der Waals surface area (Å²) in [4.78, 5) is 0. The molecule has 1 aliphatic heterocycles. The van der Waals surface area contributed by atoms with Crippen molar-refractivity contribution in [1.82, 2.24) is 5.32 Å². The van der Waals surface area contributed by atoms with Crippen LogP contribution in [0.4, 0.5) is 0 Å². The molecule has 0 amide bonds. The summed E-state index contributed by atoms with van der Waals surface area (Å²) in [6.45, 7) is 3.57. The Morgan fingerprint density at radius 3 is 2.61 bits per heavy atom. The van der Waals surface area contributed by atoms with Crippen LogP contribution in [0.3, 0.4) is 0 Å². The lowest BCUT2D eigenvalue weighted by molar-refractivity contribution is -0.0691. The van der Waals surface area contributed by atoms with E-state index in [1.54, 1.807) is 0 Å². The van der Waals surface area contributed by atoms with Gasteiger partial charge in [0.2, 0.25) is 0 Å². The maximum atomic E-state index is 6.46. The van der Waals surface area contributed by atoms with Gasteiger partial charge in [0.15, 0.2) is 0 Å². The Morgan fingerprint density at radius 1 is 1.11 bits per heavy atom. The van der Waals surface area contributed by atoms with Crippen LogP contribution < -0.4 is 5.32 Å². The molecular weight excluding hydrogens is 222 g/mol. The fourth-order valence-electron chi connectivity index (χ4n) is 3.81. The number of hydrogen-bond donors (Lipinski definition) is 1. The molecule has 2 aliphatic carbocycles. The van der Waals surface area contributed by atoms with Gasteiger partial charge in [0, 0.05) is 6.04 Å². The van der Waals surface area contributed by atoms with Gasteiger partial charge >= 0.3 is 0 Å². The largest absolute Gasteiger partial charge is 0.372 e. The lowest BCUT2D eigenvalue weighted by atomic mass is 9.83. The first-order valence-corrected chi connectivity index (χ1v) is 8.17. The van der Waals surface area contributed by atoms with Crippen LogP contribution in [-0.2, 0) is 4.74 Å². The lowest BCUT2D eigenvalue weighted by Gasteiger charge is -2.33. The van der Waals surface area contributed by atoms with Crippen molar-refractivity contribution in [1.29, 1.82) is 0 Å². The van der Waals surface area contributed by atoms with Crippen LogP contribution in [0.5, 0.6) is 0 Å². The molecule has 3 rings (SSSR count). The van der Waals surface area contributed by atoms with Crippen molar-refractivity contribution >= 4 is 0 Å². The van der Waals surface area contributed by atoms with Gasteiger partial charge in [0.25, 0.3) is 0 Å². The molecule has 1 heterocycles. The third-order valence-corrected chi connectivity index (χ3v) is 5.10. The topological polar surface area (TPSA) is 21.3 Å². The van der Waals surface area contributed by atoms with Gasteiger partial charge in [-0.1, -0.05) is 26.2 Å². The van der Waals surface area contributed by atoms with E-state index in [2.05, 4.69) is 12.2 Å². The predicted octanol–water partition coefficient (Wildman–Crippen LogP) is 3.65. The highest BCUT2D eigenvalue weighted by Gasteiger charge is 2.40. The maximum absolute atomic E-state index is 6.46. The second kappa shape index (κ2) is 5.50. The lowest BCUT2D eigenvalue weighted by Crippen LogP contribution is -2.32. The summed E-state index contributed by atoms with van der Waals surface area (Å²) >= 11 is 0. The monoisotopic (exact) mass is 251 g/mol. The van der Waals surface area contributed by atoms with E-state index in [1.165, 1.54) is 70.8 Å². The second-order valence-electron chi connectivity index (χ2n) is 7.05. The predicted molar refractivity (Wildman–Crippen MR) is 74.7 cm³/mol. The smallest absolute Gasteiger partial charge is 0.0687 e. The molecule has 2 nitrogen and oxygen atoms in total. The zero-order valence-corrected chi connectivity index (χ0v) is 11.9. The summed E-state index contributed by atoms with van der Waals surface area (Å²) in [5.41, 5.74) is 0.312. The van der Waals surface area contributed by atoms with Crippen LogP contribution in [0.2, 0.25) is 0 Å². The molecule has 1 N–H and O–H groups in total. The minimum atomic E-state index is 0.312. The molecule has 2 atom stereocenters. The maximum Gasteiger partial charge on any atom is 0.0687 e. The third kappa shape index (κ3) is 3.27. The zero-order valence-electron chi connectivity index (χ0n) is 11.9. The van der Waals surface area contributed by atoms with Gasteiger partial charge in [0.05, 0.1) is 11.7 Å². The Morgan fingerprint density at radius 2 is 1.89 bits per heavy atom. The van der Waals surface area contributed by atoms with Crippen molar-refractivity contribution in [3.63, 3.8) is 0 Å². The van der Waals surface area contributed by atoms with Crippen molar-refractivity contribution in [2.75, 3.05) is 6.54 Å². The Kier molecular flexibility index (Phi) is 3.95. The first kappa shape index (κ1) is 12.9. The summed E-state index contributed by atoms with van der Waals surface area (Å²) in [6.07, 6.45) is 14.1. The van der Waals surface area contributed by atoms with E-state index in [1.807, 2.05) is 0 Å². The molecule has 2 saturated carbocycles. The van der Waals surface area contributed by atoms with E-state index in [9.17, 15) is 0 Å². The van der Waals surface area contributed by atoms with Gasteiger partial charge in [0.1, 0.15) is 0 Å². The molecule has 2 unspecified atom stereocenters. The van der Waals surface area contributed by atoms with E-state index in [-0.39, 0.29) is 0 Å². The number of nitrogens with one attached hydrogen (secondary N) is 1. The molecule has 18 heavy (non-hydrogen) atoms. The van der Waals surface area contributed by atoms with Crippen molar-refractivity contribution < 1.29 is 4.74 Å². The van der Waals surface area contributed by atoms with E-state index >= 15 is 0 Å². The number of hydrogen-bond acceptors (Lipinski definition) is 2. The van der Waals surface area contributed by atoms with Crippen molar-refractivity contribution in [2.24, 2.45) is 5.92 Å². The Hall–Kier alpha value is -0.0800. The molecule has 2 heteroatoms. The van der Waals surface area contributed by atoms with Crippen molar-refractivity contribution in [3.05, 3.63) is 0 Å². The van der Waals surface area contributed by atoms with Gasteiger partial charge in [-0.3, -0.25) is 0 Å². The van der Waals surface area contributed by atoms with Crippen LogP contribution in [0.15, 0.2) is 0 Å². The third-order valence-electron chi connectivity index (χ3n) is 5.10. The van der Waals surface area contributed by atoms with E-state index in [4.69, 9.17) is 4.74 Å². The van der Waals surface area contributed by atoms with Gasteiger partial charge in [-0.2, -0.15) is 0 Å². The quantitative estimate of drug-likeness (QED) is 0.805. The molecule has 3 aliphatic rings. The molecular formula is C16H29NO. The Bertz CT molecular complexity index is 268. The molecule has 1 saturated heterocycles. The second-order valence-corrected chi connectivity index (χ2v) is 7.05. The Balaban J connectivity index is 1.40. The number of rotatable bonds is 5. The Labute approximate surface area is 112 Å². The first-order valence-electron chi connectivity index (χ1n) is 8.17. The number of ether oxygens (including phenoxy) is 1. The molecule has 0 bridgehead atoms. The van der Waals surface area contributed by atoms with Gasteiger partial charge in [-0.15, -0.1) is 0 Å². The van der Waals surface area contributed by atoms with Gasteiger partial charge in [-0.05, 0) is 57.4 Å². The van der Waals surface area contributed by atoms with E-state index in [0.29, 0.717) is 11.7 Å². The van der Waals surface area contributed by atoms with Gasteiger partial charge < -0.3 is 10.1 Å². The molecule has 104 valence electrons. The van der Waals surface area contributed by atoms with Crippen LogP contribution in [-0.4, -0.2) is 24.3 Å². The summed E-state index contributed by atoms with van der Waals surface area (Å²) in [7, 11) is 0. The van der Waals surface area contributed by atoms with Crippen LogP contribution in [0.25, 0.3) is 0 Å². The van der Waals surface area contributed by atoms with Crippen LogP contribution in [0, 0.1) is 5.92 Å². The fraction of sp³-hybridized carbons (Fsp3) is 1.00. The zero-order chi connectivity index (χ0) is 12.4. The highest BCUT2D eigenvalue weighted by molar-refractivity contribution is 4.91. The minimum absolute atomic E-state index is 0.312. The summed E-state index contributed by atoms with van der Waals surface area (Å²) < 4.78 is 6.46. The SMILES string of the molecule is CC(CNC1CC1)CC1CCC2(CCCCC2)O1. The average molecular weight is 251 g/mol. The standard InChI is InChI=1S/C16H29NO/c1-13(12-17-14-5-6-14)11-15-7-10-16(18-15)8-3-2-4-9-16/h13-15,17H,2-12H2,1H3. The summed E-state index contributed by atoms with van der Waals surface area (Å²) in [6, 6.07) is 0.849. The molecule has 3 fully saturated rings. The average Bonchev–Trinajstić information content (AvgIpc) is 3.13. The molecule has 0 aromatic heterocycles. The van der Waals surface area contributed by atoms with Crippen LogP contribution in [0.1, 0.15) is 71.1 Å². The molecule has 1 spiro atoms. The highest BCUT2D eigenvalue weighted by Crippen LogP contribution is 2.43. The fourth-order valence-corrected chi connectivity index (χ4v) is 3.81. The molecule has 0 aromatic rings. The minimum Gasteiger partial charge on any atom is -0.372 e. The summed E-state index contributed by atoms with van der Waals surface area (Å²) in [5.74, 6) is 0.773. The first-order chi connectivity index (χ1) is 8.76. The highest BCUT2D eigenvalue weighted by atomic mass is 16.5. The van der Waals surface area contributed by atoms with E-state index < -0.39 is 0 Å².